The van der Waals surface area contributed by atoms with Gasteiger partial charge in [0, 0.05) is 26.2 Å². The van der Waals surface area contributed by atoms with Gasteiger partial charge in [-0.3, -0.25) is 4.79 Å². The molecule has 3 heterocycles. The number of nitrogens with zero attached hydrogens (tertiary/aromatic N) is 4. The van der Waals surface area contributed by atoms with Gasteiger partial charge in [0.25, 0.3) is 5.91 Å². The van der Waals surface area contributed by atoms with Crippen molar-refractivity contribution in [3.05, 3.63) is 75.9 Å². The summed E-state index contributed by atoms with van der Waals surface area (Å²) < 4.78 is 27.5. The number of carbonyl (C=O) groups excluding carboxylic acids is 1. The number of para-hydroxylation sites is 1. The van der Waals surface area contributed by atoms with Crippen molar-refractivity contribution < 1.29 is 13.6 Å². The molecule has 1 amide bonds. The van der Waals surface area contributed by atoms with Crippen molar-refractivity contribution in [3.8, 4) is 0 Å². The number of nitrogens with one attached hydrogen (secondary N) is 1. The van der Waals surface area contributed by atoms with Gasteiger partial charge in [0.15, 0.2) is 0 Å². The van der Waals surface area contributed by atoms with Crippen molar-refractivity contribution in [2.75, 3.05) is 41.3 Å². The summed E-state index contributed by atoms with van der Waals surface area (Å²) in [5, 5.41) is 3.70. The van der Waals surface area contributed by atoms with Gasteiger partial charge in [-0.15, -0.1) is 11.3 Å². The predicted octanol–water partition coefficient (Wildman–Crippen LogP) is 5.51. The zero-order valence-corrected chi connectivity index (χ0v) is 19.8. The molecule has 1 aliphatic rings. The van der Waals surface area contributed by atoms with E-state index in [1.54, 1.807) is 12.1 Å². The van der Waals surface area contributed by atoms with Crippen LogP contribution in [0.2, 0.25) is 5.02 Å². The first kappa shape index (κ1) is 22.5. The Kier molecular flexibility index (Phi) is 6.05. The monoisotopic (exact) mass is 499 g/mol. The maximum atomic E-state index is 14.2. The molecule has 1 saturated heterocycles. The zero-order valence-electron chi connectivity index (χ0n) is 18.2. The maximum absolute atomic E-state index is 14.2. The largest absolute Gasteiger partial charge is 0.366 e. The van der Waals surface area contributed by atoms with E-state index in [1.165, 1.54) is 35.9 Å². The number of amides is 1. The third-order valence-corrected chi connectivity index (χ3v) is 7.38. The Morgan fingerprint density at radius 1 is 1.06 bits per heavy atom. The molecule has 1 fully saturated rings. The van der Waals surface area contributed by atoms with Crippen LogP contribution in [0.25, 0.3) is 10.2 Å². The van der Waals surface area contributed by atoms with Gasteiger partial charge >= 0.3 is 0 Å². The van der Waals surface area contributed by atoms with Crippen LogP contribution >= 0.6 is 22.9 Å². The highest BCUT2D eigenvalue weighted by molar-refractivity contribution is 7.20. The van der Waals surface area contributed by atoms with Crippen LogP contribution in [0, 0.1) is 18.6 Å². The van der Waals surface area contributed by atoms with Gasteiger partial charge in [-0.2, -0.15) is 0 Å². The molecule has 0 atom stereocenters. The second-order valence-corrected chi connectivity index (χ2v) is 9.34. The van der Waals surface area contributed by atoms with E-state index in [0.717, 1.165) is 22.8 Å². The Morgan fingerprint density at radius 2 is 1.79 bits per heavy atom. The molecule has 0 spiro atoms. The average molecular weight is 500 g/mol. The molecule has 1 aliphatic heterocycles. The highest BCUT2D eigenvalue weighted by Crippen LogP contribution is 2.36. The number of halogens is 3. The van der Waals surface area contributed by atoms with E-state index in [0.29, 0.717) is 47.3 Å². The number of aromatic nitrogens is 2. The van der Waals surface area contributed by atoms with Crippen LogP contribution < -0.4 is 15.1 Å². The molecule has 0 unspecified atom stereocenters. The summed E-state index contributed by atoms with van der Waals surface area (Å²) in [6, 6.07) is 10.6. The molecule has 2 aromatic carbocycles. The van der Waals surface area contributed by atoms with Gasteiger partial charge in [0.1, 0.15) is 28.6 Å². The van der Waals surface area contributed by atoms with Crippen LogP contribution in [0.15, 0.2) is 48.8 Å². The minimum absolute atomic E-state index is 0.125. The normalized spacial score (nSPS) is 14.0. The van der Waals surface area contributed by atoms with E-state index >= 15 is 0 Å². The van der Waals surface area contributed by atoms with Crippen LogP contribution in [-0.4, -0.2) is 42.1 Å². The summed E-state index contributed by atoms with van der Waals surface area (Å²) in [5.74, 6) is -0.294. The van der Waals surface area contributed by atoms with Crippen LogP contribution in [0.1, 0.15) is 15.2 Å². The Balaban J connectivity index is 1.40. The first-order valence-electron chi connectivity index (χ1n) is 10.7. The Bertz CT molecular complexity index is 1390. The summed E-state index contributed by atoms with van der Waals surface area (Å²) >= 11 is 7.34. The van der Waals surface area contributed by atoms with E-state index in [2.05, 4.69) is 20.2 Å². The van der Waals surface area contributed by atoms with Crippen molar-refractivity contribution in [1.82, 2.24) is 9.97 Å². The zero-order chi connectivity index (χ0) is 23.8. The van der Waals surface area contributed by atoms with Gasteiger partial charge in [-0.05, 0) is 42.8 Å². The first-order valence-corrected chi connectivity index (χ1v) is 11.9. The van der Waals surface area contributed by atoms with E-state index in [9.17, 15) is 13.6 Å². The lowest BCUT2D eigenvalue weighted by Crippen LogP contribution is -2.47. The van der Waals surface area contributed by atoms with Gasteiger partial charge in [-0.1, -0.05) is 23.7 Å². The van der Waals surface area contributed by atoms with Gasteiger partial charge in [0.05, 0.1) is 26.7 Å². The second-order valence-electron chi connectivity index (χ2n) is 7.94. The van der Waals surface area contributed by atoms with Crippen LogP contribution in [0.4, 0.5) is 26.0 Å². The molecule has 0 bridgehead atoms. The summed E-state index contributed by atoms with van der Waals surface area (Å²) in [6.07, 6.45) is 1.50. The van der Waals surface area contributed by atoms with Crippen molar-refractivity contribution in [1.29, 1.82) is 0 Å². The summed E-state index contributed by atoms with van der Waals surface area (Å²) in [6.45, 7) is 4.46. The number of thiophene rings is 1. The quantitative estimate of drug-likeness (QED) is 0.401. The molecule has 0 aliphatic carbocycles. The van der Waals surface area contributed by atoms with Gasteiger partial charge in [-0.25, -0.2) is 18.7 Å². The Labute approximate surface area is 203 Å². The standard InChI is InChI=1S/C24H20ClF2N5OS/c1-14-20-22(32-10-8-31(9-11-32)19-5-3-2-4-17(19)27)28-13-29-24(20)34-21(14)23(33)30-18-7-6-15(26)12-16(18)25/h2-7,12-13H,8-11H2,1H3,(H,30,33). The van der Waals surface area contributed by atoms with Gasteiger partial charge in [0.2, 0.25) is 0 Å². The van der Waals surface area contributed by atoms with Crippen molar-refractivity contribution in [3.63, 3.8) is 0 Å². The first-order chi connectivity index (χ1) is 16.4. The molecular weight excluding hydrogens is 480 g/mol. The van der Waals surface area contributed by atoms with E-state index in [1.807, 2.05) is 17.9 Å². The molecule has 174 valence electrons. The molecule has 6 nitrogen and oxygen atoms in total. The fourth-order valence-electron chi connectivity index (χ4n) is 4.15. The average Bonchev–Trinajstić information content (AvgIpc) is 3.18. The highest BCUT2D eigenvalue weighted by Gasteiger charge is 2.25. The number of carbonyl (C=O) groups is 1. The third kappa shape index (κ3) is 4.17. The lowest BCUT2D eigenvalue weighted by molar-refractivity contribution is 0.103. The number of fused-ring (bicyclic) bond motifs is 1. The molecule has 5 rings (SSSR count). The SMILES string of the molecule is Cc1c(C(=O)Nc2ccc(F)cc2Cl)sc2ncnc(N3CCN(c4ccccc4F)CC3)c12. The minimum atomic E-state index is -0.476. The van der Waals surface area contributed by atoms with E-state index in [4.69, 9.17) is 11.6 Å². The minimum Gasteiger partial charge on any atom is -0.366 e. The summed E-state index contributed by atoms with van der Waals surface area (Å²) in [5.41, 5.74) is 1.70. The van der Waals surface area contributed by atoms with Crippen LogP contribution in [0.3, 0.4) is 0 Å². The number of benzene rings is 2. The van der Waals surface area contributed by atoms with Crippen molar-refractivity contribution >= 4 is 56.3 Å². The number of anilines is 3. The van der Waals surface area contributed by atoms with E-state index in [-0.39, 0.29) is 16.7 Å². The number of hydrogen-bond donors (Lipinski definition) is 1. The van der Waals surface area contributed by atoms with Crippen LogP contribution in [-0.2, 0) is 0 Å². The summed E-state index contributed by atoms with van der Waals surface area (Å²) in [7, 11) is 0. The maximum Gasteiger partial charge on any atom is 0.266 e. The molecular formula is C24H20ClF2N5OS. The molecule has 0 saturated carbocycles. The molecule has 34 heavy (non-hydrogen) atoms. The lowest BCUT2D eigenvalue weighted by atomic mass is 10.1. The number of piperazine rings is 1. The van der Waals surface area contributed by atoms with Crippen LogP contribution in [0.5, 0.6) is 0 Å². The number of rotatable bonds is 4. The Morgan fingerprint density at radius 3 is 2.53 bits per heavy atom. The lowest BCUT2D eigenvalue weighted by Gasteiger charge is -2.37. The van der Waals surface area contributed by atoms with Crippen molar-refractivity contribution in [2.45, 2.75) is 6.92 Å². The molecule has 1 N–H and O–H groups in total. The molecule has 4 aromatic rings. The highest BCUT2D eigenvalue weighted by atomic mass is 35.5. The topological polar surface area (TPSA) is 61.4 Å². The summed E-state index contributed by atoms with van der Waals surface area (Å²) in [4.78, 5) is 27.3. The second kappa shape index (κ2) is 9.15. The molecule has 10 heteroatoms. The van der Waals surface area contributed by atoms with Crippen molar-refractivity contribution in [2.24, 2.45) is 0 Å². The predicted molar refractivity (Wildman–Crippen MR) is 132 cm³/mol. The van der Waals surface area contributed by atoms with E-state index < -0.39 is 5.82 Å². The molecule has 2 aromatic heterocycles. The number of aryl methyl sites for hydroxylation is 1. The smallest absolute Gasteiger partial charge is 0.266 e. The molecule has 0 radical (unpaired) electrons. The fraction of sp³-hybridized carbons (Fsp3) is 0.208. The Hall–Kier alpha value is -3.30. The number of hydrogen-bond acceptors (Lipinski definition) is 6. The fourth-order valence-corrected chi connectivity index (χ4v) is 5.40. The third-order valence-electron chi connectivity index (χ3n) is 5.86. The van der Waals surface area contributed by atoms with Gasteiger partial charge < -0.3 is 15.1 Å².